The molecule has 0 saturated heterocycles. The molecule has 0 aliphatic heterocycles. The van der Waals surface area contributed by atoms with Crippen LogP contribution in [0.3, 0.4) is 0 Å². The SMILES string of the molecule is COc1ccc(F)cc1C(=O)C1(C#N)CC1. The molecule has 1 fully saturated rings. The van der Waals surface area contributed by atoms with E-state index in [0.717, 1.165) is 6.07 Å². The number of benzene rings is 1. The molecule has 0 N–H and O–H groups in total. The maximum absolute atomic E-state index is 13.1. The summed E-state index contributed by atoms with van der Waals surface area (Å²) < 4.78 is 18.1. The number of methoxy groups -OCH3 is 1. The van der Waals surface area contributed by atoms with Crippen molar-refractivity contribution in [2.45, 2.75) is 12.8 Å². The molecule has 1 aromatic rings. The number of hydrogen-bond donors (Lipinski definition) is 0. The molecule has 1 saturated carbocycles. The van der Waals surface area contributed by atoms with Crippen molar-refractivity contribution in [1.82, 2.24) is 0 Å². The molecule has 0 radical (unpaired) electrons. The van der Waals surface area contributed by atoms with Crippen LogP contribution in [0, 0.1) is 22.6 Å². The summed E-state index contributed by atoms with van der Waals surface area (Å²) in [4.78, 5) is 12.0. The number of carbonyl (C=O) groups excluding carboxylic acids is 1. The van der Waals surface area contributed by atoms with Crippen LogP contribution in [0.5, 0.6) is 5.75 Å². The molecule has 1 aliphatic carbocycles. The Morgan fingerprint density at radius 3 is 2.75 bits per heavy atom. The molecule has 1 aliphatic rings. The molecule has 82 valence electrons. The minimum atomic E-state index is -0.943. The number of carbonyl (C=O) groups is 1. The Bertz CT molecular complexity index is 486. The summed E-state index contributed by atoms with van der Waals surface area (Å²) in [6.45, 7) is 0. The second-order valence-corrected chi connectivity index (χ2v) is 3.87. The van der Waals surface area contributed by atoms with Crippen LogP contribution in [0.2, 0.25) is 0 Å². The second-order valence-electron chi connectivity index (χ2n) is 3.87. The van der Waals surface area contributed by atoms with Gasteiger partial charge in [0.2, 0.25) is 0 Å². The van der Waals surface area contributed by atoms with Gasteiger partial charge < -0.3 is 4.74 Å². The zero-order chi connectivity index (χ0) is 11.8. The summed E-state index contributed by atoms with van der Waals surface area (Å²) in [5.41, 5.74) is -0.789. The van der Waals surface area contributed by atoms with Gasteiger partial charge in [-0.25, -0.2) is 4.39 Å². The molecule has 0 amide bonds. The number of ketones is 1. The Labute approximate surface area is 92.4 Å². The Balaban J connectivity index is 2.44. The lowest BCUT2D eigenvalue weighted by atomic mass is 9.95. The standard InChI is InChI=1S/C12H10FNO2/c1-16-10-3-2-8(13)6-9(10)11(15)12(7-14)4-5-12/h2-3,6H,4-5H2,1H3. The van der Waals surface area contributed by atoms with Crippen molar-refractivity contribution in [2.24, 2.45) is 5.41 Å². The smallest absolute Gasteiger partial charge is 0.186 e. The van der Waals surface area contributed by atoms with E-state index in [4.69, 9.17) is 10.00 Å². The minimum absolute atomic E-state index is 0.154. The van der Waals surface area contributed by atoms with Crippen LogP contribution in [0.15, 0.2) is 18.2 Å². The average Bonchev–Trinajstić information content (AvgIpc) is 3.09. The summed E-state index contributed by atoms with van der Waals surface area (Å²) in [5.74, 6) is -0.530. The van der Waals surface area contributed by atoms with Gasteiger partial charge in [0.25, 0.3) is 0 Å². The third-order valence-electron chi connectivity index (χ3n) is 2.80. The highest BCUT2D eigenvalue weighted by Gasteiger charge is 2.51. The first kappa shape index (κ1) is 10.6. The molecule has 0 unspecified atom stereocenters. The molecule has 0 bridgehead atoms. The van der Waals surface area contributed by atoms with Crippen molar-refractivity contribution in [3.8, 4) is 11.8 Å². The molecule has 3 nitrogen and oxygen atoms in total. The van der Waals surface area contributed by atoms with Crippen molar-refractivity contribution in [1.29, 1.82) is 5.26 Å². The highest BCUT2D eigenvalue weighted by Crippen LogP contribution is 2.48. The molecule has 0 atom stereocenters. The van der Waals surface area contributed by atoms with Gasteiger partial charge in [-0.3, -0.25) is 4.79 Å². The number of hydrogen-bond acceptors (Lipinski definition) is 3. The topological polar surface area (TPSA) is 50.1 Å². The van der Waals surface area contributed by atoms with Gasteiger partial charge in [0, 0.05) is 0 Å². The first-order valence-corrected chi connectivity index (χ1v) is 4.92. The summed E-state index contributed by atoms with van der Waals surface area (Å²) in [6.07, 6.45) is 1.09. The average molecular weight is 219 g/mol. The zero-order valence-electron chi connectivity index (χ0n) is 8.79. The molecule has 2 rings (SSSR count). The molecule has 0 aromatic heterocycles. The lowest BCUT2D eigenvalue weighted by molar-refractivity contribution is 0.0931. The fourth-order valence-electron chi connectivity index (χ4n) is 1.63. The van der Waals surface area contributed by atoms with Gasteiger partial charge in [-0.15, -0.1) is 0 Å². The van der Waals surface area contributed by atoms with E-state index in [9.17, 15) is 9.18 Å². The van der Waals surface area contributed by atoms with Gasteiger partial charge in [-0.1, -0.05) is 0 Å². The van der Waals surface area contributed by atoms with Crippen LogP contribution in [-0.4, -0.2) is 12.9 Å². The molecule has 1 aromatic carbocycles. The third-order valence-corrected chi connectivity index (χ3v) is 2.80. The predicted octanol–water partition coefficient (Wildman–Crippen LogP) is 2.32. The first-order valence-electron chi connectivity index (χ1n) is 4.92. The number of halogens is 1. The summed E-state index contributed by atoms with van der Waals surface area (Å²) in [6, 6.07) is 5.74. The van der Waals surface area contributed by atoms with Crippen LogP contribution in [-0.2, 0) is 0 Å². The van der Waals surface area contributed by atoms with Gasteiger partial charge in [-0.2, -0.15) is 5.26 Å². The molecular weight excluding hydrogens is 209 g/mol. The second kappa shape index (κ2) is 3.60. The van der Waals surface area contributed by atoms with Gasteiger partial charge >= 0.3 is 0 Å². The van der Waals surface area contributed by atoms with Crippen molar-refractivity contribution in [3.63, 3.8) is 0 Å². The fourth-order valence-corrected chi connectivity index (χ4v) is 1.63. The minimum Gasteiger partial charge on any atom is -0.496 e. The number of nitrogens with zero attached hydrogens (tertiary/aromatic N) is 1. The monoisotopic (exact) mass is 219 g/mol. The largest absolute Gasteiger partial charge is 0.496 e. The number of ether oxygens (including phenoxy) is 1. The van der Waals surface area contributed by atoms with E-state index in [0.29, 0.717) is 18.6 Å². The Hall–Kier alpha value is -1.89. The Morgan fingerprint density at radius 1 is 1.56 bits per heavy atom. The van der Waals surface area contributed by atoms with Crippen LogP contribution >= 0.6 is 0 Å². The highest BCUT2D eigenvalue weighted by atomic mass is 19.1. The lowest BCUT2D eigenvalue weighted by Crippen LogP contribution is -2.15. The Morgan fingerprint density at radius 2 is 2.25 bits per heavy atom. The number of rotatable bonds is 3. The van der Waals surface area contributed by atoms with Crippen molar-refractivity contribution >= 4 is 5.78 Å². The molecular formula is C12H10FNO2. The van der Waals surface area contributed by atoms with E-state index in [1.807, 2.05) is 6.07 Å². The van der Waals surface area contributed by atoms with Crippen molar-refractivity contribution < 1.29 is 13.9 Å². The highest BCUT2D eigenvalue weighted by molar-refractivity contribution is 6.06. The maximum atomic E-state index is 13.1. The van der Waals surface area contributed by atoms with E-state index >= 15 is 0 Å². The summed E-state index contributed by atoms with van der Waals surface area (Å²) >= 11 is 0. The van der Waals surface area contributed by atoms with Gasteiger partial charge in [0.15, 0.2) is 5.78 Å². The zero-order valence-corrected chi connectivity index (χ0v) is 8.79. The lowest BCUT2D eigenvalue weighted by Gasteiger charge is -2.09. The van der Waals surface area contributed by atoms with E-state index in [2.05, 4.69) is 0 Å². The maximum Gasteiger partial charge on any atom is 0.186 e. The van der Waals surface area contributed by atoms with E-state index in [-0.39, 0.29) is 11.3 Å². The molecule has 0 heterocycles. The third kappa shape index (κ3) is 1.54. The van der Waals surface area contributed by atoms with E-state index < -0.39 is 11.2 Å². The van der Waals surface area contributed by atoms with Crippen molar-refractivity contribution in [3.05, 3.63) is 29.6 Å². The quantitative estimate of drug-likeness (QED) is 0.733. The van der Waals surface area contributed by atoms with Crippen LogP contribution in [0.4, 0.5) is 4.39 Å². The Kier molecular flexibility index (Phi) is 2.39. The molecule has 0 spiro atoms. The van der Waals surface area contributed by atoms with Crippen LogP contribution in [0.25, 0.3) is 0 Å². The van der Waals surface area contributed by atoms with Crippen LogP contribution in [0.1, 0.15) is 23.2 Å². The summed E-state index contributed by atoms with van der Waals surface area (Å²) in [5, 5.41) is 8.92. The van der Waals surface area contributed by atoms with Crippen molar-refractivity contribution in [2.75, 3.05) is 7.11 Å². The van der Waals surface area contributed by atoms with Crippen LogP contribution < -0.4 is 4.74 Å². The molecule has 4 heteroatoms. The number of nitriles is 1. The van der Waals surface area contributed by atoms with E-state index in [1.165, 1.54) is 19.2 Å². The van der Waals surface area contributed by atoms with Gasteiger partial charge in [-0.05, 0) is 31.0 Å². The van der Waals surface area contributed by atoms with E-state index in [1.54, 1.807) is 0 Å². The predicted molar refractivity (Wildman–Crippen MR) is 54.6 cm³/mol. The normalized spacial score (nSPS) is 16.3. The first-order chi connectivity index (χ1) is 7.63. The fraction of sp³-hybridized carbons (Fsp3) is 0.333. The van der Waals surface area contributed by atoms with Gasteiger partial charge in [0.1, 0.15) is 17.0 Å². The summed E-state index contributed by atoms with van der Waals surface area (Å²) in [7, 11) is 1.41. The number of Topliss-reactive ketones (excluding diaryl/α,β-unsaturated/α-hetero) is 1. The van der Waals surface area contributed by atoms with Gasteiger partial charge in [0.05, 0.1) is 18.7 Å². The molecule has 16 heavy (non-hydrogen) atoms.